The largest absolute Gasteiger partial charge is 0.454 e. The van der Waals surface area contributed by atoms with Gasteiger partial charge in [0.25, 0.3) is 5.56 Å². The molecular formula is C23H25N3O4. The van der Waals surface area contributed by atoms with Crippen LogP contribution < -0.4 is 15.0 Å². The van der Waals surface area contributed by atoms with Crippen LogP contribution in [0.2, 0.25) is 0 Å². The Bertz CT molecular complexity index is 1120. The van der Waals surface area contributed by atoms with Crippen molar-refractivity contribution in [1.29, 1.82) is 0 Å². The van der Waals surface area contributed by atoms with E-state index in [0.29, 0.717) is 34.8 Å². The van der Waals surface area contributed by atoms with Crippen LogP contribution >= 0.6 is 0 Å². The van der Waals surface area contributed by atoms with Crippen LogP contribution in [0.5, 0.6) is 11.5 Å². The first-order valence-electron chi connectivity index (χ1n) is 10.2. The monoisotopic (exact) mass is 407 g/mol. The van der Waals surface area contributed by atoms with Gasteiger partial charge in [-0.3, -0.25) is 9.59 Å². The fraction of sp³-hybridized carbons (Fsp3) is 0.348. The number of carbonyl (C=O) groups excluding carboxylic acids is 1. The van der Waals surface area contributed by atoms with Crippen molar-refractivity contribution in [2.45, 2.75) is 39.8 Å². The van der Waals surface area contributed by atoms with Crippen molar-refractivity contribution in [1.82, 2.24) is 14.9 Å². The molecule has 0 radical (unpaired) electrons. The maximum atomic E-state index is 13.2. The third-order valence-corrected chi connectivity index (χ3v) is 5.46. The molecule has 3 aromatic rings. The number of hydrogen-bond acceptors (Lipinski definition) is 5. The topological polar surface area (TPSA) is 84.5 Å². The summed E-state index contributed by atoms with van der Waals surface area (Å²) in [4.78, 5) is 34.9. The number of nitrogens with one attached hydrogen (secondary N) is 1. The second-order valence-electron chi connectivity index (χ2n) is 7.43. The lowest BCUT2D eigenvalue weighted by molar-refractivity contribution is -0.137. The summed E-state index contributed by atoms with van der Waals surface area (Å²) in [5.41, 5.74) is 1.35. The quantitative estimate of drug-likeness (QED) is 0.647. The molecule has 0 fully saturated rings. The standard InChI is InChI=1S/C23H25N3O4/c1-3-16(4-2)23(28)26(12-15-9-10-19-20(11-15)30-14-29-19)13-21-24-18-8-6-5-7-17(18)22(27)25-21/h5-11,16H,3-4,12-14H2,1-2H3,(H,24,25,27). The average molecular weight is 407 g/mol. The normalized spacial score (nSPS) is 12.5. The number of rotatable bonds is 7. The summed E-state index contributed by atoms with van der Waals surface area (Å²) in [5, 5.41) is 0.537. The van der Waals surface area contributed by atoms with Gasteiger partial charge in [-0.15, -0.1) is 0 Å². The number of para-hydroxylation sites is 1. The second kappa shape index (κ2) is 8.57. The number of amides is 1. The van der Waals surface area contributed by atoms with E-state index in [1.165, 1.54) is 0 Å². The smallest absolute Gasteiger partial charge is 0.258 e. The lowest BCUT2D eigenvalue weighted by Crippen LogP contribution is -2.36. The van der Waals surface area contributed by atoms with Gasteiger partial charge in [-0.2, -0.15) is 0 Å². The number of hydrogen-bond donors (Lipinski definition) is 1. The van der Waals surface area contributed by atoms with Crippen molar-refractivity contribution in [3.63, 3.8) is 0 Å². The third kappa shape index (κ3) is 4.01. The van der Waals surface area contributed by atoms with Crippen LogP contribution in [0.25, 0.3) is 10.9 Å². The number of H-pyrrole nitrogens is 1. The van der Waals surface area contributed by atoms with Gasteiger partial charge in [0.1, 0.15) is 5.82 Å². The van der Waals surface area contributed by atoms with Crippen molar-refractivity contribution in [3.05, 3.63) is 64.2 Å². The number of ether oxygens (including phenoxy) is 2. The molecule has 0 unspecified atom stereocenters. The summed E-state index contributed by atoms with van der Waals surface area (Å²) in [5.74, 6) is 1.83. The lowest BCUT2D eigenvalue weighted by Gasteiger charge is -2.26. The molecule has 0 spiro atoms. The van der Waals surface area contributed by atoms with Crippen LogP contribution in [0.4, 0.5) is 0 Å². The summed E-state index contributed by atoms with van der Waals surface area (Å²) in [6.45, 7) is 4.85. The summed E-state index contributed by atoms with van der Waals surface area (Å²) >= 11 is 0. The predicted molar refractivity (Wildman–Crippen MR) is 113 cm³/mol. The lowest BCUT2D eigenvalue weighted by atomic mass is 10.0. The van der Waals surface area contributed by atoms with E-state index in [-0.39, 0.29) is 30.7 Å². The Hall–Kier alpha value is -3.35. The minimum Gasteiger partial charge on any atom is -0.454 e. The van der Waals surface area contributed by atoms with Crippen LogP contribution in [0.1, 0.15) is 38.1 Å². The van der Waals surface area contributed by atoms with E-state index in [4.69, 9.17) is 9.47 Å². The van der Waals surface area contributed by atoms with E-state index >= 15 is 0 Å². The van der Waals surface area contributed by atoms with Crippen molar-refractivity contribution in [2.75, 3.05) is 6.79 Å². The zero-order valence-electron chi connectivity index (χ0n) is 17.2. The van der Waals surface area contributed by atoms with E-state index in [1.54, 1.807) is 17.0 Å². The van der Waals surface area contributed by atoms with E-state index < -0.39 is 0 Å². The molecule has 30 heavy (non-hydrogen) atoms. The van der Waals surface area contributed by atoms with Crippen LogP contribution in [-0.4, -0.2) is 27.6 Å². The average Bonchev–Trinajstić information content (AvgIpc) is 3.22. The molecular weight excluding hydrogens is 382 g/mol. The molecule has 1 amide bonds. The predicted octanol–water partition coefficient (Wildman–Crippen LogP) is 3.62. The highest BCUT2D eigenvalue weighted by molar-refractivity contribution is 5.79. The molecule has 0 bridgehead atoms. The highest BCUT2D eigenvalue weighted by Gasteiger charge is 2.24. The van der Waals surface area contributed by atoms with Crippen molar-refractivity contribution >= 4 is 16.8 Å². The molecule has 2 aromatic carbocycles. The van der Waals surface area contributed by atoms with Gasteiger partial charge in [0.2, 0.25) is 12.7 Å². The molecule has 1 aromatic heterocycles. The highest BCUT2D eigenvalue weighted by Crippen LogP contribution is 2.33. The van der Waals surface area contributed by atoms with E-state index in [0.717, 1.165) is 18.4 Å². The molecule has 0 saturated carbocycles. The van der Waals surface area contributed by atoms with Gasteiger partial charge in [0.15, 0.2) is 11.5 Å². The fourth-order valence-electron chi connectivity index (χ4n) is 3.76. The van der Waals surface area contributed by atoms with Crippen LogP contribution in [0.3, 0.4) is 0 Å². The van der Waals surface area contributed by atoms with Crippen LogP contribution in [-0.2, 0) is 17.9 Å². The molecule has 2 heterocycles. The summed E-state index contributed by atoms with van der Waals surface area (Å²) in [7, 11) is 0. The van der Waals surface area contributed by atoms with Crippen LogP contribution in [0, 0.1) is 5.92 Å². The van der Waals surface area contributed by atoms with Crippen LogP contribution in [0.15, 0.2) is 47.3 Å². The number of aromatic amines is 1. The molecule has 0 aliphatic carbocycles. The Kier molecular flexibility index (Phi) is 5.70. The molecule has 1 aliphatic heterocycles. The summed E-state index contributed by atoms with van der Waals surface area (Å²) in [6.07, 6.45) is 1.52. The number of carbonyl (C=O) groups is 1. The summed E-state index contributed by atoms with van der Waals surface area (Å²) < 4.78 is 10.8. The molecule has 156 valence electrons. The van der Waals surface area contributed by atoms with Gasteiger partial charge in [-0.25, -0.2) is 4.98 Å². The van der Waals surface area contributed by atoms with Crippen molar-refractivity contribution in [2.24, 2.45) is 5.92 Å². The zero-order valence-corrected chi connectivity index (χ0v) is 17.2. The van der Waals surface area contributed by atoms with Gasteiger partial charge >= 0.3 is 0 Å². The second-order valence-corrected chi connectivity index (χ2v) is 7.43. The summed E-state index contributed by atoms with van der Waals surface area (Å²) in [6, 6.07) is 12.9. The first-order valence-corrected chi connectivity index (χ1v) is 10.2. The molecule has 0 atom stereocenters. The maximum Gasteiger partial charge on any atom is 0.258 e. The number of fused-ring (bicyclic) bond motifs is 2. The Labute approximate surface area is 174 Å². The van der Waals surface area contributed by atoms with Crippen molar-refractivity contribution in [3.8, 4) is 11.5 Å². The van der Waals surface area contributed by atoms with Gasteiger partial charge in [0.05, 0.1) is 17.4 Å². The Morgan fingerprint density at radius 3 is 2.67 bits per heavy atom. The fourth-order valence-corrected chi connectivity index (χ4v) is 3.76. The molecule has 7 heteroatoms. The Morgan fingerprint density at radius 1 is 1.10 bits per heavy atom. The molecule has 4 rings (SSSR count). The molecule has 7 nitrogen and oxygen atoms in total. The van der Waals surface area contributed by atoms with Gasteiger partial charge < -0.3 is 19.4 Å². The number of nitrogens with zero attached hydrogens (tertiary/aromatic N) is 2. The zero-order chi connectivity index (χ0) is 21.1. The number of aromatic nitrogens is 2. The number of benzene rings is 2. The highest BCUT2D eigenvalue weighted by atomic mass is 16.7. The molecule has 1 N–H and O–H groups in total. The van der Waals surface area contributed by atoms with E-state index in [2.05, 4.69) is 9.97 Å². The Balaban J connectivity index is 1.65. The van der Waals surface area contributed by atoms with Gasteiger partial charge in [0, 0.05) is 12.5 Å². The van der Waals surface area contributed by atoms with Gasteiger partial charge in [-0.05, 0) is 42.7 Å². The maximum absolute atomic E-state index is 13.2. The van der Waals surface area contributed by atoms with E-state index in [9.17, 15) is 9.59 Å². The Morgan fingerprint density at radius 2 is 1.87 bits per heavy atom. The molecule has 1 aliphatic rings. The van der Waals surface area contributed by atoms with Crippen molar-refractivity contribution < 1.29 is 14.3 Å². The van der Waals surface area contributed by atoms with E-state index in [1.807, 2.05) is 44.2 Å². The SMILES string of the molecule is CCC(CC)C(=O)N(Cc1ccc2c(c1)OCO2)Cc1nc2ccccc2c(=O)[nH]1. The van der Waals surface area contributed by atoms with Gasteiger partial charge in [-0.1, -0.05) is 32.0 Å². The minimum absolute atomic E-state index is 0.0495. The molecule has 0 saturated heterocycles. The minimum atomic E-state index is -0.200. The third-order valence-electron chi connectivity index (χ3n) is 5.46. The first-order chi connectivity index (χ1) is 14.6. The first kappa shape index (κ1) is 19.9.